The summed E-state index contributed by atoms with van der Waals surface area (Å²) >= 11 is 0. The predicted molar refractivity (Wildman–Crippen MR) is 241 cm³/mol. The maximum absolute atomic E-state index is 13.1. The number of carbonyl (C=O) groups excluding carboxylic acids is 2. The van der Waals surface area contributed by atoms with Gasteiger partial charge in [0.15, 0.2) is 0 Å². The molecule has 3 N–H and O–H groups in total. The molecule has 0 aromatic rings. The summed E-state index contributed by atoms with van der Waals surface area (Å²) in [6.45, 7) is 6.34. The molecule has 6 nitrogen and oxygen atoms in total. The van der Waals surface area contributed by atoms with Crippen LogP contribution in [0.15, 0.2) is 36.5 Å². The molecule has 0 rings (SSSR count). The number of nitrogens with one attached hydrogen (secondary N) is 1. The number of esters is 1. The maximum atomic E-state index is 13.1. The van der Waals surface area contributed by atoms with E-state index < -0.39 is 18.2 Å². The molecule has 3 atom stereocenters. The number of unbranched alkanes of at least 4 members (excludes halogenated alkanes) is 27. The highest BCUT2D eigenvalue weighted by Gasteiger charge is 2.24. The van der Waals surface area contributed by atoms with Gasteiger partial charge in [-0.3, -0.25) is 9.59 Å². The lowest BCUT2D eigenvalue weighted by atomic mass is 10.0. The molecule has 0 heterocycles. The summed E-state index contributed by atoms with van der Waals surface area (Å²) in [4.78, 5) is 26.0. The second-order valence-electron chi connectivity index (χ2n) is 16.6. The standard InChI is InChI=1S/C50H93NO5/c1-4-7-10-13-16-19-22-24-26-27-30-33-36-39-42-48(53)47(45-52)51-49(54)44-46(41-38-35-32-29-21-18-15-12-9-6-3)56-50(55)43-40-37-34-31-28-25-23-20-17-14-11-8-5-2/h8,11,14,17,20,23,46-48,52-53H,4-7,9-10,12-13,15-16,18-19,21-22,24-45H2,1-3H3,(H,51,54)/b11-8+,17-14+,23-20-. The Morgan fingerprint density at radius 2 is 0.964 bits per heavy atom. The number of rotatable bonds is 43. The molecule has 0 fully saturated rings. The summed E-state index contributed by atoms with van der Waals surface area (Å²) in [6.07, 6.45) is 50.6. The van der Waals surface area contributed by atoms with Crippen molar-refractivity contribution in [1.29, 1.82) is 0 Å². The lowest BCUT2D eigenvalue weighted by Crippen LogP contribution is -2.46. The second-order valence-corrected chi connectivity index (χ2v) is 16.6. The number of carbonyl (C=O) groups is 2. The lowest BCUT2D eigenvalue weighted by molar-refractivity contribution is -0.151. The Morgan fingerprint density at radius 1 is 0.536 bits per heavy atom. The number of hydrogen-bond acceptors (Lipinski definition) is 5. The van der Waals surface area contributed by atoms with Gasteiger partial charge in [-0.2, -0.15) is 0 Å². The van der Waals surface area contributed by atoms with Crippen molar-refractivity contribution in [2.45, 2.75) is 264 Å². The van der Waals surface area contributed by atoms with Gasteiger partial charge >= 0.3 is 5.97 Å². The largest absolute Gasteiger partial charge is 0.462 e. The average Bonchev–Trinajstić information content (AvgIpc) is 3.19. The number of allylic oxidation sites excluding steroid dienone is 6. The van der Waals surface area contributed by atoms with Gasteiger partial charge < -0.3 is 20.3 Å². The Kier molecular flexibility index (Phi) is 42.7. The molecule has 0 aliphatic carbocycles. The van der Waals surface area contributed by atoms with Crippen LogP contribution in [0.3, 0.4) is 0 Å². The first-order valence-corrected chi connectivity index (χ1v) is 24.2. The summed E-state index contributed by atoms with van der Waals surface area (Å²) in [5, 5.41) is 23.7. The zero-order chi connectivity index (χ0) is 41.0. The molecule has 328 valence electrons. The monoisotopic (exact) mass is 788 g/mol. The molecule has 56 heavy (non-hydrogen) atoms. The molecular weight excluding hydrogens is 695 g/mol. The van der Waals surface area contributed by atoms with Crippen molar-refractivity contribution < 1.29 is 24.5 Å². The van der Waals surface area contributed by atoms with Crippen molar-refractivity contribution in [3.05, 3.63) is 36.5 Å². The normalized spacial score (nSPS) is 13.6. The molecule has 0 aromatic carbocycles. The summed E-state index contributed by atoms with van der Waals surface area (Å²) in [6, 6.07) is -0.701. The summed E-state index contributed by atoms with van der Waals surface area (Å²) in [5.74, 6) is -0.492. The van der Waals surface area contributed by atoms with E-state index in [0.717, 1.165) is 70.6 Å². The van der Waals surface area contributed by atoms with Crippen molar-refractivity contribution in [2.24, 2.45) is 0 Å². The first-order valence-electron chi connectivity index (χ1n) is 24.2. The third kappa shape index (κ3) is 38.9. The van der Waals surface area contributed by atoms with Crippen molar-refractivity contribution in [1.82, 2.24) is 5.32 Å². The molecule has 0 spiro atoms. The number of amides is 1. The van der Waals surface area contributed by atoms with E-state index in [2.05, 4.69) is 62.5 Å². The molecule has 1 amide bonds. The van der Waals surface area contributed by atoms with Crippen molar-refractivity contribution in [3.63, 3.8) is 0 Å². The Labute approximate surface area is 347 Å². The van der Waals surface area contributed by atoms with E-state index in [-0.39, 0.29) is 24.9 Å². The second kappa shape index (κ2) is 44.2. The van der Waals surface area contributed by atoms with Crippen LogP contribution in [0.5, 0.6) is 0 Å². The van der Waals surface area contributed by atoms with Crippen LogP contribution < -0.4 is 5.32 Å². The minimum absolute atomic E-state index is 0.0723. The van der Waals surface area contributed by atoms with Gasteiger partial charge in [0.2, 0.25) is 5.91 Å². The third-order valence-electron chi connectivity index (χ3n) is 11.0. The molecular formula is C50H93NO5. The fourth-order valence-corrected chi connectivity index (χ4v) is 7.37. The SMILES string of the molecule is CC/C=C/C=C/C=C\CCCCCCCC(=O)OC(CCCCCCCCCCCC)CC(=O)NC(CO)C(O)CCCCCCCCCCCCCCCC. The zero-order valence-electron chi connectivity index (χ0n) is 37.3. The Hall–Kier alpha value is -1.92. The molecule has 0 bridgehead atoms. The minimum atomic E-state index is -0.787. The molecule has 0 radical (unpaired) electrons. The smallest absolute Gasteiger partial charge is 0.306 e. The van der Waals surface area contributed by atoms with Crippen LogP contribution in [0, 0.1) is 0 Å². The van der Waals surface area contributed by atoms with Crippen LogP contribution in [0.1, 0.15) is 245 Å². The molecule has 3 unspecified atom stereocenters. The lowest BCUT2D eigenvalue weighted by Gasteiger charge is -2.24. The molecule has 6 heteroatoms. The Balaban J connectivity index is 4.53. The number of ether oxygens (including phenoxy) is 1. The molecule has 0 aromatic heterocycles. The van der Waals surface area contributed by atoms with Crippen LogP contribution in [0.4, 0.5) is 0 Å². The van der Waals surface area contributed by atoms with Crippen LogP contribution >= 0.6 is 0 Å². The number of aliphatic hydroxyl groups excluding tert-OH is 2. The van der Waals surface area contributed by atoms with Crippen LogP contribution in [0.2, 0.25) is 0 Å². The van der Waals surface area contributed by atoms with E-state index in [9.17, 15) is 19.8 Å². The number of hydrogen-bond donors (Lipinski definition) is 3. The van der Waals surface area contributed by atoms with Gasteiger partial charge in [0.1, 0.15) is 6.10 Å². The molecule has 0 saturated carbocycles. The first kappa shape index (κ1) is 54.1. The quantitative estimate of drug-likeness (QED) is 0.0325. The molecule has 0 aliphatic rings. The Morgan fingerprint density at radius 3 is 1.45 bits per heavy atom. The van der Waals surface area contributed by atoms with Crippen molar-refractivity contribution in [3.8, 4) is 0 Å². The van der Waals surface area contributed by atoms with Gasteiger partial charge in [-0.1, -0.05) is 224 Å². The predicted octanol–water partition coefficient (Wildman–Crippen LogP) is 14.1. The highest BCUT2D eigenvalue weighted by molar-refractivity contribution is 5.77. The van der Waals surface area contributed by atoms with E-state index in [1.165, 1.54) is 128 Å². The van der Waals surface area contributed by atoms with E-state index in [1.807, 2.05) is 0 Å². The molecule has 0 saturated heterocycles. The van der Waals surface area contributed by atoms with Gasteiger partial charge in [0, 0.05) is 6.42 Å². The fourth-order valence-electron chi connectivity index (χ4n) is 7.37. The summed E-state index contributed by atoms with van der Waals surface area (Å²) in [5.41, 5.74) is 0. The summed E-state index contributed by atoms with van der Waals surface area (Å²) < 4.78 is 5.90. The van der Waals surface area contributed by atoms with Crippen molar-refractivity contribution >= 4 is 11.9 Å². The van der Waals surface area contributed by atoms with Crippen LogP contribution in [-0.2, 0) is 14.3 Å². The number of aliphatic hydroxyl groups is 2. The van der Waals surface area contributed by atoms with E-state index in [0.29, 0.717) is 19.3 Å². The highest BCUT2D eigenvalue weighted by Crippen LogP contribution is 2.18. The first-order chi connectivity index (χ1) is 27.5. The third-order valence-corrected chi connectivity index (χ3v) is 11.0. The Bertz CT molecular complexity index is 930. The van der Waals surface area contributed by atoms with E-state index in [4.69, 9.17) is 4.74 Å². The van der Waals surface area contributed by atoms with Crippen molar-refractivity contribution in [2.75, 3.05) is 6.61 Å². The van der Waals surface area contributed by atoms with Gasteiger partial charge in [-0.15, -0.1) is 0 Å². The van der Waals surface area contributed by atoms with Gasteiger partial charge in [-0.25, -0.2) is 0 Å². The fraction of sp³-hybridized carbons (Fsp3) is 0.840. The molecule has 0 aliphatic heterocycles. The van der Waals surface area contributed by atoms with Crippen LogP contribution in [-0.4, -0.2) is 46.9 Å². The maximum Gasteiger partial charge on any atom is 0.306 e. The summed E-state index contributed by atoms with van der Waals surface area (Å²) in [7, 11) is 0. The van der Waals surface area contributed by atoms with Gasteiger partial charge in [0.25, 0.3) is 0 Å². The minimum Gasteiger partial charge on any atom is -0.462 e. The topological polar surface area (TPSA) is 95.9 Å². The van der Waals surface area contributed by atoms with E-state index >= 15 is 0 Å². The average molecular weight is 788 g/mol. The highest BCUT2D eigenvalue weighted by atomic mass is 16.5. The van der Waals surface area contributed by atoms with Crippen LogP contribution in [0.25, 0.3) is 0 Å². The van der Waals surface area contributed by atoms with Gasteiger partial charge in [0.05, 0.1) is 25.2 Å². The zero-order valence-corrected chi connectivity index (χ0v) is 37.3. The van der Waals surface area contributed by atoms with E-state index in [1.54, 1.807) is 0 Å². The van der Waals surface area contributed by atoms with Gasteiger partial charge in [-0.05, 0) is 44.9 Å².